The van der Waals surface area contributed by atoms with Crippen LogP contribution in [0.3, 0.4) is 0 Å². The highest BCUT2D eigenvalue weighted by Gasteiger charge is 2.64. The molecule has 0 saturated heterocycles. The fourth-order valence-electron chi connectivity index (χ4n) is 6.55. The second kappa shape index (κ2) is 5.91. The van der Waals surface area contributed by atoms with Crippen LogP contribution in [-0.2, 0) is 0 Å². The van der Waals surface area contributed by atoms with Crippen LogP contribution in [-0.4, -0.2) is 11.1 Å². The van der Waals surface area contributed by atoms with Crippen molar-refractivity contribution in [3.05, 3.63) is 35.0 Å². The second-order valence-electron chi connectivity index (χ2n) is 9.56. The molecule has 0 heterocycles. The van der Waals surface area contributed by atoms with E-state index >= 15 is 0 Å². The minimum absolute atomic E-state index is 0.163. The Morgan fingerprint density at radius 1 is 1.25 bits per heavy atom. The zero-order chi connectivity index (χ0) is 17.7. The Kier molecular flexibility index (Phi) is 4.32. The summed E-state index contributed by atoms with van der Waals surface area (Å²) in [4.78, 5) is 8.22. The van der Waals surface area contributed by atoms with Gasteiger partial charge in [0, 0.05) is 38.5 Å². The molecule has 2 heteroatoms. The van der Waals surface area contributed by atoms with Gasteiger partial charge in [-0.3, -0.25) is 0 Å². The highest BCUT2D eigenvalue weighted by atomic mass is 14.9. The summed E-state index contributed by atoms with van der Waals surface area (Å²) in [5, 5.41) is 0. The first kappa shape index (κ1) is 17.5. The average molecular weight is 325 g/mol. The van der Waals surface area contributed by atoms with E-state index in [9.17, 15) is 0 Å². The molecule has 3 rings (SSSR count). The van der Waals surface area contributed by atoms with Gasteiger partial charge in [0.2, 0.25) is 11.1 Å². The van der Waals surface area contributed by atoms with Crippen molar-refractivity contribution in [3.8, 4) is 0 Å². The smallest absolute Gasteiger partial charge is 0.239 e. The normalized spacial score (nSPS) is 45.0. The summed E-state index contributed by atoms with van der Waals surface area (Å²) < 4.78 is 0. The minimum atomic E-state index is -0.296. The molecule has 7 atom stereocenters. The predicted octanol–water partition coefficient (Wildman–Crippen LogP) is 6.02. The van der Waals surface area contributed by atoms with Gasteiger partial charge < -0.3 is 9.69 Å². The molecule has 0 aromatic carbocycles. The molecular weight excluding hydrogens is 292 g/mol. The molecule has 3 aliphatic carbocycles. The lowest BCUT2D eigenvalue weighted by molar-refractivity contribution is -0.0537. The third-order valence-electron chi connectivity index (χ3n) is 7.72. The highest BCUT2D eigenvalue weighted by molar-refractivity contribution is 5.25. The van der Waals surface area contributed by atoms with E-state index in [1.165, 1.54) is 24.8 Å². The Balaban J connectivity index is 2.03. The van der Waals surface area contributed by atoms with Crippen LogP contribution in [0.4, 0.5) is 0 Å². The number of allylic oxidation sites excluding steroid dienone is 1. The molecule has 0 bridgehead atoms. The predicted molar refractivity (Wildman–Crippen MR) is 99.1 cm³/mol. The molecule has 0 aromatic rings. The molecule has 0 aromatic heterocycles. The Bertz CT molecular complexity index is 604. The maximum absolute atomic E-state index is 8.08. The molecule has 3 saturated carbocycles. The molecule has 130 valence electrons. The van der Waals surface area contributed by atoms with Crippen molar-refractivity contribution >= 4 is 0 Å². The zero-order valence-corrected chi connectivity index (χ0v) is 15.8. The number of hydrogen-bond donors (Lipinski definition) is 0. The molecule has 0 N–H and O–H groups in total. The first-order valence-electron chi connectivity index (χ1n) is 9.70. The van der Waals surface area contributed by atoms with Crippen molar-refractivity contribution in [1.29, 1.82) is 0 Å². The fraction of sp³-hybridized carbons (Fsp3) is 0.818. The van der Waals surface area contributed by atoms with Gasteiger partial charge in [-0.25, -0.2) is 13.1 Å². The molecule has 0 amide bonds. The van der Waals surface area contributed by atoms with Gasteiger partial charge in [-0.2, -0.15) is 0 Å². The lowest BCUT2D eigenvalue weighted by Crippen LogP contribution is -2.59. The number of rotatable bonds is 2. The standard InChI is InChI=1S/C22H32N2/c1-14-10-11-22(24-7)16(3)8-9-18-15(2)12-17(19(14)20(18)22)13-21(4,5)23-6/h15-20H,1,8-13H2,2-5H3/t15-,16-,17-,18+,19-,20-,22?/m0/s1. The van der Waals surface area contributed by atoms with Gasteiger partial charge in [-0.15, -0.1) is 0 Å². The van der Waals surface area contributed by atoms with E-state index < -0.39 is 0 Å². The molecule has 3 fully saturated rings. The van der Waals surface area contributed by atoms with E-state index in [4.69, 9.17) is 13.1 Å². The molecule has 1 unspecified atom stereocenters. The Morgan fingerprint density at radius 2 is 1.96 bits per heavy atom. The molecule has 0 radical (unpaired) electrons. The lowest BCUT2D eigenvalue weighted by Gasteiger charge is -2.57. The molecule has 2 nitrogen and oxygen atoms in total. The Labute approximate surface area is 148 Å². The van der Waals surface area contributed by atoms with Crippen LogP contribution >= 0.6 is 0 Å². The quantitative estimate of drug-likeness (QED) is 0.434. The fourth-order valence-corrected chi connectivity index (χ4v) is 6.55. The third-order valence-corrected chi connectivity index (χ3v) is 7.72. The average Bonchev–Trinajstić information content (AvgIpc) is 2.54. The molecule has 3 aliphatic rings. The summed E-state index contributed by atoms with van der Waals surface area (Å²) in [6.45, 7) is 29.0. The lowest BCUT2D eigenvalue weighted by atomic mass is 9.45. The monoisotopic (exact) mass is 324 g/mol. The topological polar surface area (TPSA) is 8.72 Å². The van der Waals surface area contributed by atoms with Crippen LogP contribution in [0.25, 0.3) is 9.69 Å². The van der Waals surface area contributed by atoms with Gasteiger partial charge in [0.05, 0.1) is 0 Å². The maximum Gasteiger partial charge on any atom is 0.239 e. The summed E-state index contributed by atoms with van der Waals surface area (Å²) in [6, 6.07) is 0. The van der Waals surface area contributed by atoms with E-state index in [1.807, 2.05) is 0 Å². The van der Waals surface area contributed by atoms with Crippen LogP contribution in [0.1, 0.15) is 66.2 Å². The highest BCUT2D eigenvalue weighted by Crippen LogP contribution is 2.63. The zero-order valence-electron chi connectivity index (χ0n) is 15.8. The summed E-state index contributed by atoms with van der Waals surface area (Å²) in [6.07, 6.45) is 6.70. The van der Waals surface area contributed by atoms with Crippen molar-refractivity contribution in [2.75, 3.05) is 0 Å². The van der Waals surface area contributed by atoms with Crippen molar-refractivity contribution in [3.63, 3.8) is 0 Å². The minimum Gasteiger partial charge on any atom is -0.311 e. The largest absolute Gasteiger partial charge is 0.311 e. The summed E-state index contributed by atoms with van der Waals surface area (Å²) in [5.74, 6) is 3.35. The van der Waals surface area contributed by atoms with Gasteiger partial charge in [0.25, 0.3) is 0 Å². The molecular formula is C22H32N2. The van der Waals surface area contributed by atoms with E-state index in [1.54, 1.807) is 0 Å². The van der Waals surface area contributed by atoms with Crippen LogP contribution in [0.15, 0.2) is 12.2 Å². The van der Waals surface area contributed by atoms with Gasteiger partial charge in [0.15, 0.2) is 0 Å². The first-order chi connectivity index (χ1) is 11.3. The summed E-state index contributed by atoms with van der Waals surface area (Å²) in [7, 11) is 0. The van der Waals surface area contributed by atoms with Gasteiger partial charge in [0.1, 0.15) is 0 Å². The Hall–Kier alpha value is -1.28. The van der Waals surface area contributed by atoms with E-state index in [0.717, 1.165) is 19.3 Å². The van der Waals surface area contributed by atoms with Crippen LogP contribution in [0, 0.1) is 48.7 Å². The molecule has 0 aliphatic heterocycles. The van der Waals surface area contributed by atoms with E-state index in [0.29, 0.717) is 35.5 Å². The van der Waals surface area contributed by atoms with Crippen molar-refractivity contribution in [1.82, 2.24) is 0 Å². The maximum atomic E-state index is 8.08. The third kappa shape index (κ3) is 2.50. The SMILES string of the molecule is [C-]#[N+]C(C)(C)C[C@@H]1C[C@H](C)[C@H]2CC[C@H](C)C3([N+]#[C-])CCC(=C)[C@@H]1[C@H]23. The van der Waals surface area contributed by atoms with E-state index in [2.05, 4.69) is 44.0 Å². The summed E-state index contributed by atoms with van der Waals surface area (Å²) >= 11 is 0. The van der Waals surface area contributed by atoms with Gasteiger partial charge in [-0.1, -0.05) is 26.0 Å². The molecule has 24 heavy (non-hydrogen) atoms. The van der Waals surface area contributed by atoms with Crippen LogP contribution in [0.5, 0.6) is 0 Å². The van der Waals surface area contributed by atoms with E-state index in [-0.39, 0.29) is 11.1 Å². The van der Waals surface area contributed by atoms with Crippen molar-refractivity contribution in [2.45, 2.75) is 77.3 Å². The number of nitrogens with zero attached hydrogens (tertiary/aromatic N) is 2. The van der Waals surface area contributed by atoms with Gasteiger partial charge in [-0.05, 0) is 49.4 Å². The number of hydrogen-bond acceptors (Lipinski definition) is 0. The van der Waals surface area contributed by atoms with Gasteiger partial charge >= 0.3 is 0 Å². The van der Waals surface area contributed by atoms with Crippen LogP contribution in [0.2, 0.25) is 0 Å². The van der Waals surface area contributed by atoms with Crippen molar-refractivity contribution < 1.29 is 0 Å². The molecule has 0 spiro atoms. The van der Waals surface area contributed by atoms with Crippen LogP contribution < -0.4 is 0 Å². The Morgan fingerprint density at radius 3 is 2.58 bits per heavy atom. The van der Waals surface area contributed by atoms with Crippen molar-refractivity contribution in [2.24, 2.45) is 35.5 Å². The first-order valence-corrected chi connectivity index (χ1v) is 9.70. The summed E-state index contributed by atoms with van der Waals surface area (Å²) in [5.41, 5.74) is 0.927. The second-order valence-corrected chi connectivity index (χ2v) is 9.56.